The number of halogens is 1. The molecule has 78 valence electrons. The maximum atomic E-state index is 10.3. The van der Waals surface area contributed by atoms with Gasteiger partial charge in [0.25, 0.3) is 0 Å². The van der Waals surface area contributed by atoms with E-state index in [2.05, 4.69) is 0 Å². The standard InChI is InChI=1S/C10H14ClNO2/c11-10(7-12)5-3-8(4-6-10)1-2-9(13)14/h3-5H,1-2,6-7,12H2,(H,13,14). The summed E-state index contributed by atoms with van der Waals surface area (Å²) in [6.07, 6.45) is 7.08. The second-order valence-corrected chi connectivity index (χ2v) is 4.20. The maximum absolute atomic E-state index is 10.3. The summed E-state index contributed by atoms with van der Waals surface area (Å²) in [5.74, 6) is -0.777. The summed E-state index contributed by atoms with van der Waals surface area (Å²) in [5.41, 5.74) is 6.52. The molecule has 0 aromatic heterocycles. The first-order valence-corrected chi connectivity index (χ1v) is 4.92. The number of hydrogen-bond donors (Lipinski definition) is 2. The van der Waals surface area contributed by atoms with Gasteiger partial charge < -0.3 is 10.8 Å². The van der Waals surface area contributed by atoms with Crippen molar-refractivity contribution in [2.24, 2.45) is 5.73 Å². The molecule has 3 N–H and O–H groups in total. The van der Waals surface area contributed by atoms with Crippen LogP contribution in [0.4, 0.5) is 0 Å². The molecule has 1 rings (SSSR count). The molecule has 0 radical (unpaired) electrons. The smallest absolute Gasteiger partial charge is 0.303 e. The molecule has 1 unspecified atom stereocenters. The van der Waals surface area contributed by atoms with Gasteiger partial charge in [-0.2, -0.15) is 0 Å². The number of carboxylic acid groups (broad SMARTS) is 1. The molecule has 14 heavy (non-hydrogen) atoms. The number of alkyl halides is 1. The van der Waals surface area contributed by atoms with Crippen molar-refractivity contribution >= 4 is 17.6 Å². The molecular formula is C10H14ClNO2. The van der Waals surface area contributed by atoms with Crippen LogP contribution in [0.2, 0.25) is 0 Å². The minimum atomic E-state index is -0.777. The summed E-state index contributed by atoms with van der Waals surface area (Å²) in [5, 5.41) is 8.50. The van der Waals surface area contributed by atoms with Gasteiger partial charge in [-0.3, -0.25) is 4.79 Å². The van der Waals surface area contributed by atoms with Crippen LogP contribution in [0.25, 0.3) is 0 Å². The van der Waals surface area contributed by atoms with Gasteiger partial charge in [-0.15, -0.1) is 11.6 Å². The molecule has 0 aromatic carbocycles. The Balaban J connectivity index is 2.47. The monoisotopic (exact) mass is 215 g/mol. The van der Waals surface area contributed by atoms with E-state index in [4.69, 9.17) is 22.4 Å². The zero-order valence-electron chi connectivity index (χ0n) is 7.87. The molecule has 1 atom stereocenters. The first-order chi connectivity index (χ1) is 6.56. The Bertz CT molecular complexity index is 286. The molecule has 0 spiro atoms. The van der Waals surface area contributed by atoms with Gasteiger partial charge in [-0.05, 0) is 12.8 Å². The number of hydrogen-bond acceptors (Lipinski definition) is 2. The fourth-order valence-corrected chi connectivity index (χ4v) is 1.42. The molecule has 4 heteroatoms. The SMILES string of the molecule is NCC1(Cl)C=CC(CCC(=O)O)=CC1. The van der Waals surface area contributed by atoms with Crippen molar-refractivity contribution in [2.75, 3.05) is 6.54 Å². The Hall–Kier alpha value is -0.800. The van der Waals surface area contributed by atoms with Crippen molar-refractivity contribution in [2.45, 2.75) is 24.1 Å². The second-order valence-electron chi connectivity index (χ2n) is 3.45. The molecule has 0 aliphatic heterocycles. The summed E-state index contributed by atoms with van der Waals surface area (Å²) in [7, 11) is 0. The van der Waals surface area contributed by atoms with Crippen molar-refractivity contribution in [1.29, 1.82) is 0 Å². The van der Waals surface area contributed by atoms with Gasteiger partial charge in [0.15, 0.2) is 0 Å². The Morgan fingerprint density at radius 3 is 2.86 bits per heavy atom. The molecule has 0 heterocycles. The van der Waals surface area contributed by atoms with E-state index in [-0.39, 0.29) is 6.42 Å². The average molecular weight is 216 g/mol. The van der Waals surface area contributed by atoms with Gasteiger partial charge in [-0.25, -0.2) is 0 Å². The van der Waals surface area contributed by atoms with Gasteiger partial charge in [0.05, 0.1) is 4.87 Å². The lowest BCUT2D eigenvalue weighted by molar-refractivity contribution is -0.136. The summed E-state index contributed by atoms with van der Waals surface area (Å²) in [6.45, 7) is 0.397. The number of carbonyl (C=O) groups is 1. The highest BCUT2D eigenvalue weighted by Crippen LogP contribution is 2.27. The minimum absolute atomic E-state index is 0.161. The first kappa shape index (κ1) is 11.3. The fraction of sp³-hybridized carbons (Fsp3) is 0.500. The number of rotatable bonds is 4. The van der Waals surface area contributed by atoms with Crippen LogP contribution in [-0.4, -0.2) is 22.5 Å². The Kier molecular flexibility index (Phi) is 3.72. The third kappa shape index (κ3) is 3.16. The lowest BCUT2D eigenvalue weighted by Gasteiger charge is -2.23. The molecular weight excluding hydrogens is 202 g/mol. The predicted molar refractivity (Wildman–Crippen MR) is 56.3 cm³/mol. The zero-order chi connectivity index (χ0) is 10.6. The largest absolute Gasteiger partial charge is 0.481 e. The molecule has 1 aliphatic carbocycles. The highest BCUT2D eigenvalue weighted by atomic mass is 35.5. The predicted octanol–water partition coefficient (Wildman–Crippen LogP) is 1.67. The van der Waals surface area contributed by atoms with Crippen LogP contribution in [0.15, 0.2) is 23.8 Å². The van der Waals surface area contributed by atoms with Crippen LogP contribution < -0.4 is 5.73 Å². The third-order valence-electron chi connectivity index (χ3n) is 2.27. The number of aliphatic carboxylic acids is 1. The van der Waals surface area contributed by atoms with E-state index in [0.717, 1.165) is 5.57 Å². The van der Waals surface area contributed by atoms with Gasteiger partial charge in [-0.1, -0.05) is 23.8 Å². The molecule has 1 aliphatic rings. The normalized spacial score (nSPS) is 26.0. The summed E-state index contributed by atoms with van der Waals surface area (Å²) in [4.78, 5) is 9.86. The van der Waals surface area contributed by atoms with Crippen molar-refractivity contribution in [3.8, 4) is 0 Å². The number of carboxylic acids is 1. The van der Waals surface area contributed by atoms with Gasteiger partial charge >= 0.3 is 5.97 Å². The van der Waals surface area contributed by atoms with Crippen LogP contribution in [-0.2, 0) is 4.79 Å². The minimum Gasteiger partial charge on any atom is -0.481 e. The molecule has 0 aromatic rings. The summed E-state index contributed by atoms with van der Waals surface area (Å²) < 4.78 is 0. The van der Waals surface area contributed by atoms with Crippen molar-refractivity contribution in [1.82, 2.24) is 0 Å². The van der Waals surface area contributed by atoms with Crippen LogP contribution >= 0.6 is 11.6 Å². The van der Waals surface area contributed by atoms with E-state index in [1.807, 2.05) is 18.2 Å². The van der Waals surface area contributed by atoms with Crippen molar-refractivity contribution in [3.05, 3.63) is 23.8 Å². The Morgan fingerprint density at radius 1 is 1.71 bits per heavy atom. The number of allylic oxidation sites excluding steroid dienone is 3. The third-order valence-corrected chi connectivity index (χ3v) is 2.70. The highest BCUT2D eigenvalue weighted by Gasteiger charge is 2.23. The van der Waals surface area contributed by atoms with E-state index in [9.17, 15) is 4.79 Å². The van der Waals surface area contributed by atoms with Crippen LogP contribution in [0.1, 0.15) is 19.3 Å². The molecule has 0 fully saturated rings. The first-order valence-electron chi connectivity index (χ1n) is 4.55. The molecule has 0 saturated carbocycles. The van der Waals surface area contributed by atoms with E-state index >= 15 is 0 Å². The zero-order valence-corrected chi connectivity index (χ0v) is 8.63. The Labute approximate surface area is 88.2 Å². The van der Waals surface area contributed by atoms with E-state index in [1.54, 1.807) is 0 Å². The van der Waals surface area contributed by atoms with Gasteiger partial charge in [0, 0.05) is 13.0 Å². The molecule has 0 bridgehead atoms. The lowest BCUT2D eigenvalue weighted by atomic mass is 9.94. The van der Waals surface area contributed by atoms with Crippen LogP contribution in [0.3, 0.4) is 0 Å². The number of nitrogens with two attached hydrogens (primary N) is 1. The fourth-order valence-electron chi connectivity index (χ4n) is 1.28. The van der Waals surface area contributed by atoms with Gasteiger partial charge in [0.2, 0.25) is 0 Å². The van der Waals surface area contributed by atoms with Crippen LogP contribution in [0, 0.1) is 0 Å². The van der Waals surface area contributed by atoms with Crippen molar-refractivity contribution in [3.63, 3.8) is 0 Å². The Morgan fingerprint density at radius 2 is 2.43 bits per heavy atom. The van der Waals surface area contributed by atoms with E-state index < -0.39 is 10.8 Å². The average Bonchev–Trinajstić information content (AvgIpc) is 2.17. The quantitative estimate of drug-likeness (QED) is 0.702. The molecule has 3 nitrogen and oxygen atoms in total. The van der Waals surface area contributed by atoms with Crippen LogP contribution in [0.5, 0.6) is 0 Å². The van der Waals surface area contributed by atoms with Crippen molar-refractivity contribution < 1.29 is 9.90 Å². The summed E-state index contributed by atoms with van der Waals surface area (Å²) in [6, 6.07) is 0. The highest BCUT2D eigenvalue weighted by molar-refractivity contribution is 6.25. The topological polar surface area (TPSA) is 63.3 Å². The molecule has 0 saturated heterocycles. The summed E-state index contributed by atoms with van der Waals surface area (Å²) >= 11 is 6.11. The second kappa shape index (κ2) is 4.62. The lowest BCUT2D eigenvalue weighted by Crippen LogP contribution is -2.30. The van der Waals surface area contributed by atoms with Gasteiger partial charge in [0.1, 0.15) is 0 Å². The van der Waals surface area contributed by atoms with E-state index in [1.165, 1.54) is 0 Å². The molecule has 0 amide bonds. The van der Waals surface area contributed by atoms with E-state index in [0.29, 0.717) is 19.4 Å². The maximum Gasteiger partial charge on any atom is 0.303 e.